The number of amides is 1. The van der Waals surface area contributed by atoms with E-state index in [1.807, 2.05) is 25.3 Å². The number of likely N-dealkylation sites (N-methyl/N-ethyl adjacent to an activating group) is 1. The minimum absolute atomic E-state index is 0.0499. The van der Waals surface area contributed by atoms with Gasteiger partial charge in [-0.2, -0.15) is 0 Å². The lowest BCUT2D eigenvalue weighted by molar-refractivity contribution is -0.200. The first-order valence-electron chi connectivity index (χ1n) is 13.2. The smallest absolute Gasteiger partial charge is 0.246 e. The summed E-state index contributed by atoms with van der Waals surface area (Å²) in [6, 6.07) is 3.64. The van der Waals surface area contributed by atoms with Gasteiger partial charge in [0, 0.05) is 31.3 Å². The second kappa shape index (κ2) is 7.47. The number of ether oxygens (including phenoxy) is 1. The Kier molecular flexibility index (Phi) is 4.63. The van der Waals surface area contributed by atoms with E-state index in [-0.39, 0.29) is 29.8 Å². The molecule has 2 bridgehead atoms. The van der Waals surface area contributed by atoms with E-state index in [1.165, 1.54) is 18.4 Å². The summed E-state index contributed by atoms with van der Waals surface area (Å²) in [6.45, 7) is 1.98. The minimum Gasteiger partial charge on any atom is -0.504 e. The highest BCUT2D eigenvalue weighted by Crippen LogP contribution is 2.66. The first-order valence-corrected chi connectivity index (χ1v) is 13.2. The highest BCUT2D eigenvalue weighted by molar-refractivity contribution is 5.88. The van der Waals surface area contributed by atoms with Crippen LogP contribution in [0.3, 0.4) is 0 Å². The molecule has 0 unspecified atom stereocenters. The zero-order valence-corrected chi connectivity index (χ0v) is 20.3. The molecule has 6 heteroatoms. The summed E-state index contributed by atoms with van der Waals surface area (Å²) in [5.74, 6) is 1.38. The lowest BCUT2D eigenvalue weighted by Crippen LogP contribution is -2.78. The zero-order chi connectivity index (χ0) is 23.9. The van der Waals surface area contributed by atoms with Gasteiger partial charge in [-0.25, -0.2) is 0 Å². The van der Waals surface area contributed by atoms with Gasteiger partial charge in [-0.15, -0.1) is 0 Å². The van der Waals surface area contributed by atoms with E-state index in [9.17, 15) is 15.0 Å². The Labute approximate surface area is 206 Å². The third-order valence-corrected chi connectivity index (χ3v) is 9.79. The highest BCUT2D eigenvalue weighted by Gasteiger charge is 2.73. The molecule has 5 atom stereocenters. The first-order chi connectivity index (χ1) is 16.9. The van der Waals surface area contributed by atoms with Crippen LogP contribution in [0.5, 0.6) is 11.5 Å². The third kappa shape index (κ3) is 2.93. The van der Waals surface area contributed by atoms with Crippen LogP contribution >= 0.6 is 0 Å². The zero-order valence-electron chi connectivity index (χ0n) is 20.3. The van der Waals surface area contributed by atoms with Gasteiger partial charge < -0.3 is 19.8 Å². The van der Waals surface area contributed by atoms with Gasteiger partial charge in [-0.3, -0.25) is 9.69 Å². The van der Waals surface area contributed by atoms with Crippen molar-refractivity contribution in [3.63, 3.8) is 0 Å². The fourth-order valence-electron chi connectivity index (χ4n) is 7.90. The predicted molar refractivity (Wildman–Crippen MR) is 132 cm³/mol. The molecule has 1 amide bonds. The van der Waals surface area contributed by atoms with Crippen molar-refractivity contribution in [2.45, 2.75) is 74.1 Å². The molecular weight excluding hydrogens is 440 g/mol. The van der Waals surface area contributed by atoms with Crippen LogP contribution in [-0.4, -0.2) is 69.8 Å². The summed E-state index contributed by atoms with van der Waals surface area (Å²) < 4.78 is 6.60. The fourth-order valence-corrected chi connectivity index (χ4v) is 7.90. The van der Waals surface area contributed by atoms with Crippen molar-refractivity contribution in [1.82, 2.24) is 9.80 Å². The van der Waals surface area contributed by atoms with Gasteiger partial charge in [-0.05, 0) is 80.7 Å². The largest absolute Gasteiger partial charge is 0.504 e. The van der Waals surface area contributed by atoms with Crippen LogP contribution in [0.4, 0.5) is 0 Å². The minimum atomic E-state index is -0.924. The maximum Gasteiger partial charge on any atom is 0.246 e. The fraction of sp³-hybridized carbons (Fsp3) is 0.552. The molecule has 6 aliphatic rings. The number of rotatable bonds is 5. The molecule has 0 aromatic heterocycles. The number of carbonyl (C=O) groups is 1. The Morgan fingerprint density at radius 3 is 2.91 bits per heavy atom. The average molecular weight is 475 g/mol. The molecule has 2 heterocycles. The van der Waals surface area contributed by atoms with Gasteiger partial charge in [0.25, 0.3) is 0 Å². The molecule has 1 aromatic carbocycles. The van der Waals surface area contributed by atoms with Crippen LogP contribution in [-0.2, 0) is 16.6 Å². The summed E-state index contributed by atoms with van der Waals surface area (Å²) in [6.07, 6.45) is 15.7. The van der Waals surface area contributed by atoms with Gasteiger partial charge in [0.05, 0.1) is 17.1 Å². The molecule has 184 valence electrons. The molecule has 2 aliphatic heterocycles. The molecule has 7 rings (SSSR count). The third-order valence-electron chi connectivity index (χ3n) is 9.79. The maximum atomic E-state index is 13.2. The van der Waals surface area contributed by atoms with Crippen molar-refractivity contribution < 1.29 is 19.7 Å². The van der Waals surface area contributed by atoms with E-state index < -0.39 is 11.0 Å². The number of piperidine rings is 1. The number of phenols is 1. The Balaban J connectivity index is 1.27. The highest BCUT2D eigenvalue weighted by atomic mass is 16.5. The number of likely N-dealkylation sites (tertiary alicyclic amines) is 1. The lowest BCUT2D eigenvalue weighted by Gasteiger charge is -2.64. The second-order valence-corrected chi connectivity index (χ2v) is 11.5. The number of hydrogen-bond donors (Lipinski definition) is 2. The van der Waals surface area contributed by atoms with Crippen LogP contribution in [0.15, 0.2) is 48.1 Å². The number of benzene rings is 1. The van der Waals surface area contributed by atoms with Crippen LogP contribution in [0, 0.1) is 5.92 Å². The van der Waals surface area contributed by atoms with E-state index in [0.717, 1.165) is 49.4 Å². The molecular formula is C29H34N2O4. The number of aliphatic hydroxyl groups is 1. The Hall–Kier alpha value is -2.57. The molecule has 1 spiro atoms. The topological polar surface area (TPSA) is 73.2 Å². The van der Waals surface area contributed by atoms with Crippen LogP contribution in [0.1, 0.15) is 49.7 Å². The summed E-state index contributed by atoms with van der Waals surface area (Å²) in [5, 5.41) is 23.3. The Bertz CT molecular complexity index is 1180. The van der Waals surface area contributed by atoms with E-state index >= 15 is 0 Å². The summed E-state index contributed by atoms with van der Waals surface area (Å²) >= 11 is 0. The lowest BCUT2D eigenvalue weighted by atomic mass is 9.48. The van der Waals surface area contributed by atoms with Crippen molar-refractivity contribution in [2.75, 3.05) is 20.1 Å². The van der Waals surface area contributed by atoms with E-state index in [4.69, 9.17) is 4.74 Å². The average Bonchev–Trinajstić information content (AvgIpc) is 3.36. The molecule has 1 aromatic rings. The van der Waals surface area contributed by atoms with E-state index in [1.54, 1.807) is 17.0 Å². The maximum absolute atomic E-state index is 13.2. The van der Waals surface area contributed by atoms with Gasteiger partial charge in [0.1, 0.15) is 6.10 Å². The van der Waals surface area contributed by atoms with Gasteiger partial charge >= 0.3 is 0 Å². The molecule has 2 N–H and O–H groups in total. The number of hydrogen-bond acceptors (Lipinski definition) is 5. The summed E-state index contributed by atoms with van der Waals surface area (Å²) in [5.41, 5.74) is 1.73. The normalized spacial score (nSPS) is 36.7. The molecule has 6 nitrogen and oxygen atoms in total. The molecule has 3 fully saturated rings. The molecule has 35 heavy (non-hydrogen) atoms. The standard InChI is InChI=1S/C29H34N2O4/c1-30(24(33)11-8-18-4-2-3-5-18)21-12-13-29(34)23-16-20-9-10-22(32)26-25(20)28(29,27(21)35-26)14-15-31(23)17-19-6-7-19/h2,4-5,8-11,19,21,23,27,32,34H,3,6-7,12-17H2,1H3/b11-8+/t21-,23-,27-,28-,29+/m0/s1. The van der Waals surface area contributed by atoms with Crippen LogP contribution in [0.25, 0.3) is 0 Å². The van der Waals surface area contributed by atoms with Gasteiger partial charge in [0.2, 0.25) is 5.91 Å². The second-order valence-electron chi connectivity index (χ2n) is 11.5. The molecule has 2 saturated carbocycles. The SMILES string of the molecule is CN(C(=O)/C=C/C1=CCC=C1)[C@H]1CC[C@@]2(O)[C@@H]3Cc4ccc(O)c5c4[C@@]2(CCN3CC2CC2)[C@H]1O5. The Morgan fingerprint density at radius 2 is 2.14 bits per heavy atom. The molecule has 0 radical (unpaired) electrons. The van der Waals surface area contributed by atoms with Gasteiger partial charge in [-0.1, -0.05) is 24.3 Å². The monoisotopic (exact) mass is 474 g/mol. The van der Waals surface area contributed by atoms with Crippen molar-refractivity contribution in [1.29, 1.82) is 0 Å². The van der Waals surface area contributed by atoms with Crippen LogP contribution in [0.2, 0.25) is 0 Å². The molecule has 4 aliphatic carbocycles. The Morgan fingerprint density at radius 1 is 1.29 bits per heavy atom. The predicted octanol–water partition coefficient (Wildman–Crippen LogP) is 3.23. The van der Waals surface area contributed by atoms with Crippen molar-refractivity contribution in [2.24, 2.45) is 5.92 Å². The van der Waals surface area contributed by atoms with Crippen LogP contribution < -0.4 is 4.74 Å². The number of carbonyl (C=O) groups excluding carboxylic acids is 1. The van der Waals surface area contributed by atoms with E-state index in [2.05, 4.69) is 17.1 Å². The number of allylic oxidation sites excluding steroid dienone is 5. The molecule has 1 saturated heterocycles. The van der Waals surface area contributed by atoms with Crippen molar-refractivity contribution in [3.05, 3.63) is 59.2 Å². The van der Waals surface area contributed by atoms with Crippen molar-refractivity contribution in [3.8, 4) is 11.5 Å². The van der Waals surface area contributed by atoms with Crippen molar-refractivity contribution >= 4 is 5.91 Å². The van der Waals surface area contributed by atoms with Gasteiger partial charge in [0.15, 0.2) is 11.5 Å². The number of nitrogens with zero attached hydrogens (tertiary/aromatic N) is 2. The summed E-state index contributed by atoms with van der Waals surface area (Å²) in [4.78, 5) is 17.6. The number of phenolic OH excluding ortho intramolecular Hbond substituents is 1. The number of aromatic hydroxyl groups is 1. The summed E-state index contributed by atoms with van der Waals surface area (Å²) in [7, 11) is 1.85. The first kappa shape index (κ1) is 21.7. The van der Waals surface area contributed by atoms with E-state index in [0.29, 0.717) is 18.6 Å². The quantitative estimate of drug-likeness (QED) is 0.641.